The molecule has 8 nitrogen and oxygen atoms in total. The molecular weight excluding hydrogens is 475 g/mol. The lowest BCUT2D eigenvalue weighted by molar-refractivity contribution is -0.112. The lowest BCUT2D eigenvalue weighted by Crippen LogP contribution is -2.49. The first kappa shape index (κ1) is 24.5. The van der Waals surface area contributed by atoms with Gasteiger partial charge in [-0.3, -0.25) is 19.9 Å². The van der Waals surface area contributed by atoms with Crippen LogP contribution in [0.2, 0.25) is 0 Å². The van der Waals surface area contributed by atoms with E-state index in [-0.39, 0.29) is 34.9 Å². The summed E-state index contributed by atoms with van der Waals surface area (Å²) < 4.78 is 21.8. The summed E-state index contributed by atoms with van der Waals surface area (Å²) in [6.45, 7) is 8.98. The number of aromatic nitrogens is 2. The van der Waals surface area contributed by atoms with Crippen LogP contribution in [0, 0.1) is 12.7 Å². The third-order valence-corrected chi connectivity index (χ3v) is 7.16. The molecule has 0 unspecified atom stereocenters. The van der Waals surface area contributed by atoms with E-state index in [9.17, 15) is 14.7 Å². The van der Waals surface area contributed by atoms with Crippen LogP contribution in [0.15, 0.2) is 66.5 Å². The fraction of sp³-hybridized carbons (Fsp3) is 0.250. The van der Waals surface area contributed by atoms with Crippen LogP contribution < -0.4 is 20.5 Å². The standard InChI is InChI=1S/C28H27FN4O4/c1-6-8-18-22-24(31-26(32-25(22)35)30-21(34)7-2)27(36)19-13-15(3)14-20(29)23(19)37-28(18,27)16-9-11-17(12-10-16)33(4)5/h6-7,9-14,18,36H,1-2,8H2,3-5H3,(H2,30,31,32,34,35)/t18-,27+,28+/m1/s1. The Balaban J connectivity index is 1.88. The number of rotatable bonds is 6. The number of anilines is 2. The second kappa shape index (κ2) is 8.41. The van der Waals surface area contributed by atoms with Crippen LogP contribution in [0.3, 0.4) is 0 Å². The van der Waals surface area contributed by atoms with Crippen LogP contribution in [0.25, 0.3) is 0 Å². The van der Waals surface area contributed by atoms with Crippen molar-refractivity contribution in [2.24, 2.45) is 0 Å². The van der Waals surface area contributed by atoms with Crippen LogP contribution in [0.4, 0.5) is 16.0 Å². The second-order valence-corrected chi connectivity index (χ2v) is 9.56. The molecule has 3 atom stereocenters. The van der Waals surface area contributed by atoms with E-state index >= 15 is 4.39 Å². The van der Waals surface area contributed by atoms with E-state index in [4.69, 9.17) is 4.74 Å². The first-order chi connectivity index (χ1) is 17.6. The Morgan fingerprint density at radius 2 is 2.00 bits per heavy atom. The van der Waals surface area contributed by atoms with Gasteiger partial charge in [0.2, 0.25) is 11.9 Å². The zero-order valence-electron chi connectivity index (χ0n) is 20.8. The second-order valence-electron chi connectivity index (χ2n) is 9.56. The zero-order valence-corrected chi connectivity index (χ0v) is 20.8. The number of carbonyl (C=O) groups excluding carboxylic acids is 1. The Morgan fingerprint density at radius 1 is 1.30 bits per heavy atom. The van der Waals surface area contributed by atoms with Gasteiger partial charge in [0.25, 0.3) is 5.56 Å². The van der Waals surface area contributed by atoms with Gasteiger partial charge in [0, 0.05) is 31.3 Å². The van der Waals surface area contributed by atoms with Gasteiger partial charge in [0.15, 0.2) is 22.8 Å². The van der Waals surface area contributed by atoms with Gasteiger partial charge in [-0.2, -0.15) is 0 Å². The summed E-state index contributed by atoms with van der Waals surface area (Å²) in [4.78, 5) is 34.4. The third kappa shape index (κ3) is 3.27. The van der Waals surface area contributed by atoms with E-state index in [0.29, 0.717) is 11.1 Å². The topological polar surface area (TPSA) is 108 Å². The van der Waals surface area contributed by atoms with Gasteiger partial charge in [-0.15, -0.1) is 6.58 Å². The predicted molar refractivity (Wildman–Crippen MR) is 138 cm³/mol. The van der Waals surface area contributed by atoms with Crippen molar-refractivity contribution in [3.8, 4) is 5.75 Å². The van der Waals surface area contributed by atoms with E-state index in [1.165, 1.54) is 6.07 Å². The Morgan fingerprint density at radius 3 is 2.62 bits per heavy atom. The molecular formula is C28H27FN4O4. The van der Waals surface area contributed by atoms with Gasteiger partial charge >= 0.3 is 0 Å². The van der Waals surface area contributed by atoms with E-state index in [1.54, 1.807) is 31.2 Å². The molecule has 3 N–H and O–H groups in total. The molecule has 190 valence electrons. The van der Waals surface area contributed by atoms with Crippen molar-refractivity contribution >= 4 is 17.5 Å². The minimum atomic E-state index is -2.06. The van der Waals surface area contributed by atoms with Gasteiger partial charge in [-0.05, 0) is 54.8 Å². The molecule has 2 aromatic carbocycles. The number of nitrogens with zero attached hydrogens (tertiary/aromatic N) is 2. The zero-order chi connectivity index (χ0) is 26.7. The number of allylic oxidation sites excluding steroid dienone is 1. The van der Waals surface area contributed by atoms with Crippen molar-refractivity contribution in [1.82, 2.24) is 9.97 Å². The molecule has 1 aliphatic carbocycles. The minimum absolute atomic E-state index is 0.0112. The summed E-state index contributed by atoms with van der Waals surface area (Å²) in [6, 6.07) is 10.3. The fourth-order valence-corrected chi connectivity index (χ4v) is 5.60. The number of aliphatic hydroxyl groups is 1. The fourth-order valence-electron chi connectivity index (χ4n) is 5.60. The number of aromatic amines is 1. The SMILES string of the molecule is C=CC[C@@H]1c2c(nc(NC(=O)C=C)[nH]c2=O)[C@@]2(O)c3cc(C)cc(F)c3O[C@@]12c1ccc(N(C)C)cc1. The Hall–Kier alpha value is -4.24. The van der Waals surface area contributed by atoms with Crippen molar-refractivity contribution in [3.63, 3.8) is 0 Å². The number of benzene rings is 2. The van der Waals surface area contributed by atoms with Gasteiger partial charge in [0.1, 0.15) is 0 Å². The maximum Gasteiger partial charge on any atom is 0.256 e. The van der Waals surface area contributed by atoms with Crippen molar-refractivity contribution in [2.75, 3.05) is 24.3 Å². The van der Waals surface area contributed by atoms with Crippen molar-refractivity contribution in [2.45, 2.75) is 30.5 Å². The predicted octanol–water partition coefficient (Wildman–Crippen LogP) is 3.61. The van der Waals surface area contributed by atoms with Crippen molar-refractivity contribution < 1.29 is 19.0 Å². The number of ether oxygens (including phenoxy) is 1. The third-order valence-electron chi connectivity index (χ3n) is 7.16. The Bertz CT molecular complexity index is 1510. The van der Waals surface area contributed by atoms with Crippen molar-refractivity contribution in [1.29, 1.82) is 0 Å². The molecule has 37 heavy (non-hydrogen) atoms. The van der Waals surface area contributed by atoms with E-state index in [1.807, 2.05) is 31.1 Å². The highest BCUT2D eigenvalue weighted by Crippen LogP contribution is 2.67. The molecule has 1 aromatic heterocycles. The lowest BCUT2D eigenvalue weighted by Gasteiger charge is -2.39. The Kier molecular flexibility index (Phi) is 5.56. The van der Waals surface area contributed by atoms with Crippen molar-refractivity contribution in [3.05, 3.63) is 106 Å². The molecule has 0 spiro atoms. The first-order valence-electron chi connectivity index (χ1n) is 11.8. The van der Waals surface area contributed by atoms with Crippen LogP contribution in [0.1, 0.15) is 40.3 Å². The molecule has 0 fully saturated rings. The smallest absolute Gasteiger partial charge is 0.256 e. The average Bonchev–Trinajstić information content (AvgIpc) is 3.24. The normalized spacial score (nSPS) is 22.9. The summed E-state index contributed by atoms with van der Waals surface area (Å²) in [5.74, 6) is -2.28. The van der Waals surface area contributed by atoms with Crippen LogP contribution >= 0.6 is 0 Å². The molecule has 0 saturated carbocycles. The highest BCUT2D eigenvalue weighted by molar-refractivity contribution is 5.97. The quantitative estimate of drug-likeness (QED) is 0.351. The highest BCUT2D eigenvalue weighted by atomic mass is 19.1. The number of hydrogen-bond acceptors (Lipinski definition) is 6. The maximum absolute atomic E-state index is 15.3. The van der Waals surface area contributed by atoms with Crippen LogP contribution in [0.5, 0.6) is 5.75 Å². The van der Waals surface area contributed by atoms with E-state index in [0.717, 1.165) is 11.8 Å². The molecule has 5 rings (SSSR count). The number of H-pyrrole nitrogens is 1. The van der Waals surface area contributed by atoms with E-state index in [2.05, 4.69) is 28.4 Å². The van der Waals surface area contributed by atoms with Gasteiger partial charge in [-0.25, -0.2) is 9.37 Å². The van der Waals surface area contributed by atoms with Gasteiger partial charge < -0.3 is 14.7 Å². The number of amides is 1. The first-order valence-corrected chi connectivity index (χ1v) is 11.8. The largest absolute Gasteiger partial charge is 0.475 e. The monoisotopic (exact) mass is 502 g/mol. The van der Waals surface area contributed by atoms with E-state index < -0.39 is 34.4 Å². The number of carbonyl (C=O) groups is 1. The molecule has 0 saturated heterocycles. The minimum Gasteiger partial charge on any atom is -0.475 e. The summed E-state index contributed by atoms with van der Waals surface area (Å²) in [7, 11) is 3.80. The maximum atomic E-state index is 15.3. The number of hydrogen-bond donors (Lipinski definition) is 3. The molecule has 9 heteroatoms. The summed E-state index contributed by atoms with van der Waals surface area (Å²) in [6.07, 6.45) is 2.88. The van der Waals surface area contributed by atoms with Crippen LogP contribution in [-0.2, 0) is 16.0 Å². The molecule has 2 heterocycles. The van der Waals surface area contributed by atoms with Crippen LogP contribution in [-0.4, -0.2) is 35.1 Å². The summed E-state index contributed by atoms with van der Waals surface area (Å²) in [5.41, 5.74) is -1.91. The Labute approximate surface area is 213 Å². The molecule has 0 radical (unpaired) electrons. The average molecular weight is 503 g/mol. The molecule has 1 amide bonds. The summed E-state index contributed by atoms with van der Waals surface area (Å²) in [5, 5.41) is 15.2. The molecule has 3 aromatic rings. The number of fused-ring (bicyclic) bond motifs is 5. The summed E-state index contributed by atoms with van der Waals surface area (Å²) >= 11 is 0. The number of aryl methyl sites for hydroxylation is 1. The number of nitrogens with one attached hydrogen (secondary N) is 2. The molecule has 0 bridgehead atoms. The van der Waals surface area contributed by atoms with Gasteiger partial charge in [-0.1, -0.05) is 24.8 Å². The molecule has 1 aliphatic heterocycles. The number of halogens is 1. The molecule has 2 aliphatic rings. The van der Waals surface area contributed by atoms with Gasteiger partial charge in [0.05, 0.1) is 11.3 Å². The lowest BCUT2D eigenvalue weighted by atomic mass is 9.71. The highest BCUT2D eigenvalue weighted by Gasteiger charge is 2.72.